The van der Waals surface area contributed by atoms with Gasteiger partial charge in [-0.15, -0.1) is 0 Å². The van der Waals surface area contributed by atoms with E-state index in [1.807, 2.05) is 25.3 Å². The Kier molecular flexibility index (Phi) is 6.53. The summed E-state index contributed by atoms with van der Waals surface area (Å²) < 4.78 is 2.08. The molecule has 2 aliphatic carbocycles. The van der Waals surface area contributed by atoms with E-state index in [4.69, 9.17) is 10.8 Å². The topological polar surface area (TPSA) is 126 Å². The number of rotatable bonds is 7. The Morgan fingerprint density at radius 3 is 2.47 bits per heavy atom. The molecule has 2 aliphatic rings. The summed E-state index contributed by atoms with van der Waals surface area (Å²) in [6.07, 6.45) is 6.79. The van der Waals surface area contributed by atoms with Gasteiger partial charge in [-0.25, -0.2) is 0 Å². The van der Waals surface area contributed by atoms with Crippen LogP contribution in [-0.4, -0.2) is 46.0 Å². The number of carbonyl (C=O) groups excluding carboxylic acids is 2. The van der Waals surface area contributed by atoms with E-state index in [0.717, 1.165) is 54.6 Å². The van der Waals surface area contributed by atoms with E-state index >= 15 is 0 Å². The van der Waals surface area contributed by atoms with Crippen molar-refractivity contribution in [3.8, 4) is 5.69 Å². The maximum atomic E-state index is 12.8. The number of ketones is 1. The zero-order valence-electron chi connectivity index (χ0n) is 20.1. The first-order chi connectivity index (χ1) is 16.0. The van der Waals surface area contributed by atoms with Crippen molar-refractivity contribution < 1.29 is 19.5 Å². The van der Waals surface area contributed by atoms with Gasteiger partial charge < -0.3 is 26.0 Å². The lowest BCUT2D eigenvalue weighted by molar-refractivity contribution is -0.136. The van der Waals surface area contributed by atoms with Crippen LogP contribution in [0, 0.1) is 12.3 Å². The van der Waals surface area contributed by atoms with Gasteiger partial charge >= 0.3 is 5.97 Å². The molecule has 5 N–H and O–H groups in total. The highest BCUT2D eigenvalue weighted by molar-refractivity contribution is 6.01. The molecule has 1 fully saturated rings. The van der Waals surface area contributed by atoms with Gasteiger partial charge in [0.2, 0.25) is 0 Å². The number of nitrogens with two attached hydrogens (primary N) is 1. The van der Waals surface area contributed by atoms with Crippen LogP contribution in [0.15, 0.2) is 24.4 Å². The third-order valence-corrected chi connectivity index (χ3v) is 7.04. The second-order valence-corrected chi connectivity index (χ2v) is 10.5. The number of carboxylic acids is 1. The maximum absolute atomic E-state index is 12.8. The highest BCUT2D eigenvalue weighted by Gasteiger charge is 2.35. The van der Waals surface area contributed by atoms with E-state index in [9.17, 15) is 14.4 Å². The lowest BCUT2D eigenvalue weighted by Crippen LogP contribution is -2.39. The van der Waals surface area contributed by atoms with E-state index in [0.29, 0.717) is 17.7 Å². The van der Waals surface area contributed by atoms with Gasteiger partial charge in [-0.3, -0.25) is 14.4 Å². The molecule has 0 aliphatic heterocycles. The van der Waals surface area contributed by atoms with Crippen molar-refractivity contribution in [2.45, 2.75) is 71.4 Å². The number of fused-ring (bicyclic) bond motifs is 1. The van der Waals surface area contributed by atoms with Crippen molar-refractivity contribution in [2.75, 3.05) is 11.9 Å². The maximum Gasteiger partial charge on any atom is 0.317 e. The fourth-order valence-corrected chi connectivity index (χ4v) is 5.42. The largest absolute Gasteiger partial charge is 0.480 e. The van der Waals surface area contributed by atoms with Crippen molar-refractivity contribution in [1.29, 1.82) is 0 Å². The van der Waals surface area contributed by atoms with Crippen LogP contribution in [0.3, 0.4) is 0 Å². The third kappa shape index (κ3) is 5.01. The summed E-state index contributed by atoms with van der Waals surface area (Å²) >= 11 is 0. The average molecular weight is 467 g/mol. The molecule has 1 amide bonds. The summed E-state index contributed by atoms with van der Waals surface area (Å²) in [6.45, 7) is 6.17. The molecule has 1 saturated carbocycles. The first-order valence-corrected chi connectivity index (χ1v) is 11.9. The van der Waals surface area contributed by atoms with Crippen LogP contribution in [0.1, 0.15) is 77.9 Å². The quantitative estimate of drug-likeness (QED) is 0.495. The van der Waals surface area contributed by atoms with Crippen LogP contribution in [0.5, 0.6) is 0 Å². The molecule has 0 atom stereocenters. The van der Waals surface area contributed by atoms with Gasteiger partial charge in [0.05, 0.1) is 12.1 Å². The molecule has 8 heteroatoms. The predicted molar refractivity (Wildman–Crippen MR) is 131 cm³/mol. The highest BCUT2D eigenvalue weighted by Crippen LogP contribution is 2.38. The number of nitrogens with one attached hydrogen (secondary N) is 2. The van der Waals surface area contributed by atoms with Gasteiger partial charge in [0.25, 0.3) is 5.91 Å². The van der Waals surface area contributed by atoms with Crippen LogP contribution < -0.4 is 16.4 Å². The molecular weight excluding hydrogens is 432 g/mol. The molecule has 2 aromatic rings. The Morgan fingerprint density at radius 1 is 1.15 bits per heavy atom. The van der Waals surface area contributed by atoms with Gasteiger partial charge in [0, 0.05) is 47.3 Å². The minimum Gasteiger partial charge on any atom is -0.480 e. The Bertz CT molecular complexity index is 1130. The number of carbonyl (C=O) groups is 3. The number of hydrogen-bond acceptors (Lipinski definition) is 5. The molecular formula is C26H34N4O4. The van der Waals surface area contributed by atoms with Crippen LogP contribution in [-0.2, 0) is 11.2 Å². The lowest BCUT2D eigenvalue weighted by atomic mass is 9.75. The number of nitrogens with zero attached hydrogens (tertiary/aromatic N) is 1. The van der Waals surface area contributed by atoms with E-state index in [-0.39, 0.29) is 29.8 Å². The second-order valence-electron chi connectivity index (χ2n) is 10.5. The average Bonchev–Trinajstić information content (AvgIpc) is 3.08. The monoisotopic (exact) mass is 466 g/mol. The van der Waals surface area contributed by atoms with Gasteiger partial charge in [0.15, 0.2) is 5.78 Å². The highest BCUT2D eigenvalue weighted by atomic mass is 16.4. The van der Waals surface area contributed by atoms with Crippen molar-refractivity contribution in [3.05, 3.63) is 46.8 Å². The van der Waals surface area contributed by atoms with E-state index in [1.165, 1.54) is 0 Å². The van der Waals surface area contributed by atoms with Gasteiger partial charge in [-0.2, -0.15) is 0 Å². The minimum atomic E-state index is -0.851. The summed E-state index contributed by atoms with van der Waals surface area (Å²) in [5.74, 6) is -1.16. The van der Waals surface area contributed by atoms with Gasteiger partial charge in [-0.05, 0) is 68.2 Å². The Balaban J connectivity index is 1.59. The third-order valence-electron chi connectivity index (χ3n) is 7.04. The first kappa shape index (κ1) is 24.0. The molecule has 1 aromatic carbocycles. The van der Waals surface area contributed by atoms with Gasteiger partial charge in [0.1, 0.15) is 0 Å². The fourth-order valence-electron chi connectivity index (χ4n) is 5.42. The fraction of sp³-hybridized carbons (Fsp3) is 0.500. The Labute approximate surface area is 199 Å². The van der Waals surface area contributed by atoms with Crippen LogP contribution >= 0.6 is 0 Å². The molecule has 0 unspecified atom stereocenters. The summed E-state index contributed by atoms with van der Waals surface area (Å²) in [5.41, 5.74) is 10.4. The van der Waals surface area contributed by atoms with Crippen molar-refractivity contribution in [3.63, 3.8) is 0 Å². The molecule has 34 heavy (non-hydrogen) atoms. The number of amides is 1. The number of aliphatic carboxylic acids is 1. The smallest absolute Gasteiger partial charge is 0.317 e. The van der Waals surface area contributed by atoms with Crippen LogP contribution in [0.25, 0.3) is 5.69 Å². The molecule has 1 aromatic heterocycles. The summed E-state index contributed by atoms with van der Waals surface area (Å²) in [7, 11) is 0. The zero-order chi connectivity index (χ0) is 24.6. The van der Waals surface area contributed by atoms with Crippen molar-refractivity contribution >= 4 is 23.3 Å². The van der Waals surface area contributed by atoms with E-state index in [2.05, 4.69) is 29.0 Å². The number of hydrogen-bond donors (Lipinski definition) is 4. The van der Waals surface area contributed by atoms with Crippen molar-refractivity contribution in [1.82, 2.24) is 9.88 Å². The molecule has 8 nitrogen and oxygen atoms in total. The minimum absolute atomic E-state index is 0.0312. The van der Waals surface area contributed by atoms with Crippen molar-refractivity contribution in [2.24, 2.45) is 11.1 Å². The number of anilines is 1. The molecule has 4 rings (SSSR count). The summed E-state index contributed by atoms with van der Waals surface area (Å²) in [4.78, 5) is 35.8. The van der Waals surface area contributed by atoms with Crippen LogP contribution in [0.4, 0.5) is 5.69 Å². The Hall–Kier alpha value is -3.13. The second kappa shape index (κ2) is 9.25. The number of carboxylic acid groups (broad SMARTS) is 1. The molecule has 1 heterocycles. The Morgan fingerprint density at radius 2 is 1.82 bits per heavy atom. The number of aryl methyl sites for hydroxylation is 1. The van der Waals surface area contributed by atoms with Crippen LogP contribution in [0.2, 0.25) is 0 Å². The van der Waals surface area contributed by atoms with E-state index < -0.39 is 11.9 Å². The summed E-state index contributed by atoms with van der Waals surface area (Å²) in [6, 6.07) is 5.92. The zero-order valence-corrected chi connectivity index (χ0v) is 20.1. The summed E-state index contributed by atoms with van der Waals surface area (Å²) in [5, 5.41) is 15.5. The number of primary amides is 1. The predicted octanol–water partition coefficient (Wildman–Crippen LogP) is 3.44. The molecule has 0 radical (unpaired) electrons. The standard InChI is InChI=1S/C26H34N4O4/c1-15-14-30(21-11-26(2,3)12-22(31)24(15)21)18-8-9-19(25(27)34)20(10-18)29-17-6-4-16(5-7-17)28-13-23(32)33/h8-10,14,16-17,28-29H,4-7,11-13H2,1-3H3,(H2,27,34)(H,32,33). The number of aromatic nitrogens is 1. The lowest BCUT2D eigenvalue weighted by Gasteiger charge is -2.31. The van der Waals surface area contributed by atoms with Gasteiger partial charge in [-0.1, -0.05) is 13.8 Å². The normalized spacial score (nSPS) is 21.7. The number of benzene rings is 1. The molecule has 0 spiro atoms. The van der Waals surface area contributed by atoms with E-state index in [1.54, 1.807) is 6.07 Å². The first-order valence-electron chi connectivity index (χ1n) is 11.9. The molecule has 0 bridgehead atoms. The SMILES string of the molecule is Cc1cn(-c2ccc(C(N)=O)c(NC3CCC(NCC(=O)O)CC3)c2)c2c1C(=O)CC(C)(C)C2. The number of Topliss-reactive ketones (excluding diaryl/α,β-unsaturated/α-hetero) is 1. The molecule has 0 saturated heterocycles. The molecule has 182 valence electrons.